The van der Waals surface area contributed by atoms with Gasteiger partial charge in [0.25, 0.3) is 0 Å². The summed E-state index contributed by atoms with van der Waals surface area (Å²) in [7, 11) is 0. The number of allylic oxidation sites excluding steroid dienone is 6. The highest BCUT2D eigenvalue weighted by atomic mass is 16.1. The van der Waals surface area contributed by atoms with Crippen LogP contribution >= 0.6 is 0 Å². The fourth-order valence-corrected chi connectivity index (χ4v) is 2.43. The molecule has 1 unspecified atom stereocenters. The largest absolute Gasteiger partial charge is 0.299 e. The number of hydrogen-bond donors (Lipinski definition) is 0. The van der Waals surface area contributed by atoms with Gasteiger partial charge in [-0.25, -0.2) is 0 Å². The third-order valence-electron chi connectivity index (χ3n) is 3.77. The van der Waals surface area contributed by atoms with Crippen molar-refractivity contribution in [3.05, 3.63) is 34.9 Å². The molecule has 1 aliphatic rings. The fraction of sp³-hybridized carbons (Fsp3) is 0.588. The predicted molar refractivity (Wildman–Crippen MR) is 78.5 cm³/mol. The second-order valence-electron chi connectivity index (χ2n) is 5.53. The molecule has 1 nitrogen and oxygen atoms in total. The summed E-state index contributed by atoms with van der Waals surface area (Å²) < 4.78 is 0. The summed E-state index contributed by atoms with van der Waals surface area (Å²) in [5, 5.41) is 0. The first-order valence-corrected chi connectivity index (χ1v) is 6.99. The maximum atomic E-state index is 11.7. The first-order chi connectivity index (χ1) is 8.50. The number of ketones is 1. The lowest BCUT2D eigenvalue weighted by Crippen LogP contribution is -2.12. The molecule has 0 aliphatic heterocycles. The van der Waals surface area contributed by atoms with Crippen molar-refractivity contribution in [3.8, 4) is 0 Å². The Morgan fingerprint density at radius 2 is 1.67 bits per heavy atom. The highest BCUT2D eigenvalue weighted by Gasteiger charge is 2.16. The second kappa shape index (κ2) is 7.35. The van der Waals surface area contributed by atoms with E-state index in [-0.39, 0.29) is 5.92 Å². The number of carbonyl (C=O) groups is 1. The molecular weight excluding hydrogens is 220 g/mol. The van der Waals surface area contributed by atoms with Crippen LogP contribution in [0.2, 0.25) is 0 Å². The molecule has 100 valence electrons. The number of hydrogen-bond acceptors (Lipinski definition) is 1. The number of rotatable bonds is 1. The molecule has 1 heteroatoms. The van der Waals surface area contributed by atoms with E-state index in [1.54, 1.807) is 6.92 Å². The molecule has 0 bridgehead atoms. The zero-order valence-electron chi connectivity index (χ0n) is 12.3. The van der Waals surface area contributed by atoms with Crippen molar-refractivity contribution in [2.45, 2.75) is 59.8 Å². The molecule has 0 radical (unpaired) electrons. The fourth-order valence-electron chi connectivity index (χ4n) is 2.43. The minimum absolute atomic E-state index is 0.112. The van der Waals surface area contributed by atoms with Gasteiger partial charge in [-0.05, 0) is 59.8 Å². The monoisotopic (exact) mass is 246 g/mol. The quantitative estimate of drug-likeness (QED) is 0.595. The molecule has 0 spiro atoms. The molecule has 0 aromatic rings. The van der Waals surface area contributed by atoms with Gasteiger partial charge < -0.3 is 0 Å². The highest BCUT2D eigenvalue weighted by molar-refractivity contribution is 5.81. The Balaban J connectivity index is 2.90. The molecule has 1 aliphatic carbocycles. The van der Waals surface area contributed by atoms with E-state index in [2.05, 4.69) is 39.0 Å². The molecule has 18 heavy (non-hydrogen) atoms. The summed E-state index contributed by atoms with van der Waals surface area (Å²) >= 11 is 0. The van der Waals surface area contributed by atoms with E-state index in [9.17, 15) is 4.79 Å². The summed E-state index contributed by atoms with van der Waals surface area (Å²) in [5.41, 5.74) is 4.06. The Bertz CT molecular complexity index is 382. The van der Waals surface area contributed by atoms with Crippen molar-refractivity contribution in [2.24, 2.45) is 5.92 Å². The maximum absolute atomic E-state index is 11.7. The minimum atomic E-state index is 0.112. The van der Waals surface area contributed by atoms with Crippen LogP contribution < -0.4 is 0 Å². The topological polar surface area (TPSA) is 17.1 Å². The van der Waals surface area contributed by atoms with Crippen LogP contribution in [-0.4, -0.2) is 5.78 Å². The van der Waals surface area contributed by atoms with Crippen molar-refractivity contribution in [2.75, 3.05) is 0 Å². The standard InChI is InChI=1S/C17H26O/c1-13-7-5-6-8-14(2)10-12-17(16(4)18)15(3)11-9-13/h7-8,11,17H,5-6,9-10,12H2,1-4H3. The van der Waals surface area contributed by atoms with Crippen molar-refractivity contribution in [1.29, 1.82) is 0 Å². The molecule has 0 saturated heterocycles. The minimum Gasteiger partial charge on any atom is -0.299 e. The average Bonchev–Trinajstić information content (AvgIpc) is 2.30. The molecule has 0 N–H and O–H groups in total. The van der Waals surface area contributed by atoms with Gasteiger partial charge in [-0.1, -0.05) is 34.9 Å². The van der Waals surface area contributed by atoms with Crippen LogP contribution in [0.25, 0.3) is 0 Å². The lowest BCUT2D eigenvalue weighted by atomic mass is 9.88. The van der Waals surface area contributed by atoms with Crippen LogP contribution in [0.15, 0.2) is 34.9 Å². The Labute approximate surface area is 112 Å². The Morgan fingerprint density at radius 1 is 1.06 bits per heavy atom. The van der Waals surface area contributed by atoms with E-state index in [1.807, 2.05) is 0 Å². The van der Waals surface area contributed by atoms with Gasteiger partial charge in [0.2, 0.25) is 0 Å². The first kappa shape index (κ1) is 14.9. The van der Waals surface area contributed by atoms with Gasteiger partial charge >= 0.3 is 0 Å². The van der Waals surface area contributed by atoms with E-state index in [0.717, 1.165) is 32.1 Å². The van der Waals surface area contributed by atoms with Crippen LogP contribution in [0, 0.1) is 5.92 Å². The van der Waals surface area contributed by atoms with Crippen molar-refractivity contribution >= 4 is 5.78 Å². The van der Waals surface area contributed by atoms with E-state index in [4.69, 9.17) is 0 Å². The van der Waals surface area contributed by atoms with Crippen molar-refractivity contribution < 1.29 is 4.79 Å². The van der Waals surface area contributed by atoms with Crippen LogP contribution in [0.4, 0.5) is 0 Å². The molecule has 1 rings (SSSR count). The normalized spacial score (nSPS) is 23.1. The van der Waals surface area contributed by atoms with E-state index in [0.29, 0.717) is 5.78 Å². The molecule has 0 aromatic heterocycles. The lowest BCUT2D eigenvalue weighted by Gasteiger charge is -2.16. The predicted octanol–water partition coefficient (Wildman–Crippen LogP) is 4.99. The van der Waals surface area contributed by atoms with E-state index < -0.39 is 0 Å². The summed E-state index contributed by atoms with van der Waals surface area (Å²) in [6, 6.07) is 0. The zero-order valence-corrected chi connectivity index (χ0v) is 12.3. The SMILES string of the molecule is CC(=O)C1CCC(C)=CCCC=C(C)CC=C1C. The molecule has 0 heterocycles. The summed E-state index contributed by atoms with van der Waals surface area (Å²) in [4.78, 5) is 11.7. The van der Waals surface area contributed by atoms with Crippen LogP contribution in [-0.2, 0) is 4.79 Å². The third kappa shape index (κ3) is 5.03. The molecule has 0 saturated carbocycles. The first-order valence-electron chi connectivity index (χ1n) is 6.99. The highest BCUT2D eigenvalue weighted by Crippen LogP contribution is 2.23. The Kier molecular flexibility index (Phi) is 6.11. The van der Waals surface area contributed by atoms with Crippen LogP contribution in [0.1, 0.15) is 59.8 Å². The molecule has 0 amide bonds. The van der Waals surface area contributed by atoms with Gasteiger partial charge in [0.1, 0.15) is 5.78 Å². The van der Waals surface area contributed by atoms with Gasteiger partial charge in [-0.3, -0.25) is 4.79 Å². The smallest absolute Gasteiger partial charge is 0.136 e. The van der Waals surface area contributed by atoms with Crippen molar-refractivity contribution in [3.63, 3.8) is 0 Å². The molecule has 0 fully saturated rings. The van der Waals surface area contributed by atoms with Crippen molar-refractivity contribution in [1.82, 2.24) is 0 Å². The summed E-state index contributed by atoms with van der Waals surface area (Å²) in [5.74, 6) is 0.413. The summed E-state index contributed by atoms with van der Waals surface area (Å²) in [6.45, 7) is 8.17. The number of carbonyl (C=O) groups excluding carboxylic acids is 1. The molecular formula is C17H26O. The third-order valence-corrected chi connectivity index (χ3v) is 3.77. The van der Waals surface area contributed by atoms with Gasteiger partial charge in [-0.15, -0.1) is 0 Å². The van der Waals surface area contributed by atoms with Crippen LogP contribution in [0.5, 0.6) is 0 Å². The average molecular weight is 246 g/mol. The van der Waals surface area contributed by atoms with Crippen LogP contribution in [0.3, 0.4) is 0 Å². The second-order valence-corrected chi connectivity index (χ2v) is 5.53. The summed E-state index contributed by atoms with van der Waals surface area (Å²) in [6.07, 6.45) is 12.1. The van der Waals surface area contributed by atoms with E-state index >= 15 is 0 Å². The van der Waals surface area contributed by atoms with Gasteiger partial charge in [-0.2, -0.15) is 0 Å². The zero-order chi connectivity index (χ0) is 13.5. The van der Waals surface area contributed by atoms with Gasteiger partial charge in [0, 0.05) is 5.92 Å². The maximum Gasteiger partial charge on any atom is 0.136 e. The Morgan fingerprint density at radius 3 is 2.28 bits per heavy atom. The van der Waals surface area contributed by atoms with E-state index in [1.165, 1.54) is 16.7 Å². The molecule has 0 aromatic carbocycles. The number of Topliss-reactive ketones (excluding diaryl/α,β-unsaturated/α-hetero) is 1. The Hall–Kier alpha value is -1.11. The van der Waals surface area contributed by atoms with Gasteiger partial charge in [0.15, 0.2) is 0 Å². The van der Waals surface area contributed by atoms with Gasteiger partial charge in [0.05, 0.1) is 0 Å². The lowest BCUT2D eigenvalue weighted by molar-refractivity contribution is -0.119. The molecule has 1 atom stereocenters.